The third kappa shape index (κ3) is 3.65. The molecule has 0 aliphatic carbocycles. The van der Waals surface area contributed by atoms with Crippen LogP contribution in [0.5, 0.6) is 0 Å². The van der Waals surface area contributed by atoms with Crippen LogP contribution in [0.1, 0.15) is 24.9 Å². The highest BCUT2D eigenvalue weighted by Gasteiger charge is 2.18. The highest BCUT2D eigenvalue weighted by molar-refractivity contribution is 6.27. The number of hydrogen-bond donors (Lipinski definition) is 0. The fourth-order valence-corrected chi connectivity index (χ4v) is 1.78. The van der Waals surface area contributed by atoms with Gasteiger partial charge in [0.1, 0.15) is 5.88 Å². The average Bonchev–Trinajstić information content (AvgIpc) is 2.30. The molecule has 0 radical (unpaired) electrons. The van der Waals surface area contributed by atoms with E-state index in [1.165, 1.54) is 0 Å². The highest BCUT2D eigenvalue weighted by atomic mass is 35.5. The zero-order valence-electron chi connectivity index (χ0n) is 9.39. The van der Waals surface area contributed by atoms with Crippen molar-refractivity contribution in [2.24, 2.45) is 0 Å². The quantitative estimate of drug-likeness (QED) is 0.782. The molecule has 16 heavy (non-hydrogen) atoms. The molecule has 3 nitrogen and oxygen atoms in total. The first-order valence-corrected chi connectivity index (χ1v) is 5.45. The van der Waals surface area contributed by atoms with Gasteiger partial charge in [0, 0.05) is 19.4 Å². The van der Waals surface area contributed by atoms with Gasteiger partial charge in [-0.25, -0.2) is 0 Å². The fraction of sp³-hybridized carbons (Fsp3) is 0.455. The van der Waals surface area contributed by atoms with E-state index in [1.54, 1.807) is 24.3 Å². The minimum atomic E-state index is -0.0553. The van der Waals surface area contributed by atoms with E-state index in [-0.39, 0.29) is 30.2 Å². The molecule has 1 unspecified atom stereocenters. The van der Waals surface area contributed by atoms with Crippen molar-refractivity contribution < 1.29 is 4.79 Å². The van der Waals surface area contributed by atoms with E-state index in [2.05, 4.69) is 4.98 Å². The van der Waals surface area contributed by atoms with Crippen LogP contribution in [0.25, 0.3) is 0 Å². The lowest BCUT2D eigenvalue weighted by atomic mass is 10.0. The Morgan fingerprint density at radius 3 is 2.50 bits per heavy atom. The van der Waals surface area contributed by atoms with Crippen LogP contribution in [0.2, 0.25) is 0 Å². The zero-order chi connectivity index (χ0) is 11.3. The molecule has 0 saturated heterocycles. The topological polar surface area (TPSA) is 33.2 Å². The summed E-state index contributed by atoms with van der Waals surface area (Å²) in [5, 5.41) is 0. The van der Waals surface area contributed by atoms with Crippen LogP contribution in [0.15, 0.2) is 24.5 Å². The molecule has 1 amide bonds. The fourth-order valence-electron chi connectivity index (χ4n) is 1.59. The predicted octanol–water partition coefficient (Wildman–Crippen LogP) is 2.65. The van der Waals surface area contributed by atoms with Crippen molar-refractivity contribution in [1.29, 1.82) is 0 Å². The average molecular weight is 263 g/mol. The zero-order valence-corrected chi connectivity index (χ0v) is 11.0. The molecule has 1 heterocycles. The van der Waals surface area contributed by atoms with Crippen LogP contribution in [-0.4, -0.2) is 28.7 Å². The van der Waals surface area contributed by atoms with Gasteiger partial charge in [-0.1, -0.05) is 6.92 Å². The molecule has 1 rings (SSSR count). The van der Waals surface area contributed by atoms with Gasteiger partial charge in [0.2, 0.25) is 5.91 Å². The van der Waals surface area contributed by atoms with E-state index in [9.17, 15) is 4.79 Å². The third-order valence-electron chi connectivity index (χ3n) is 2.45. The summed E-state index contributed by atoms with van der Waals surface area (Å²) in [4.78, 5) is 17.1. The molecule has 1 aromatic heterocycles. The number of amides is 1. The summed E-state index contributed by atoms with van der Waals surface area (Å²) in [6.07, 6.45) is 4.33. The van der Waals surface area contributed by atoms with Crippen LogP contribution in [-0.2, 0) is 4.79 Å². The van der Waals surface area contributed by atoms with Gasteiger partial charge in [-0.05, 0) is 24.1 Å². The minimum absolute atomic E-state index is 0. The molecule has 0 aliphatic rings. The number of aromatic nitrogens is 1. The molecule has 0 bridgehead atoms. The molecule has 0 fully saturated rings. The van der Waals surface area contributed by atoms with Crippen molar-refractivity contribution in [3.8, 4) is 0 Å². The molecule has 90 valence electrons. The monoisotopic (exact) mass is 262 g/mol. The van der Waals surface area contributed by atoms with Gasteiger partial charge in [0.15, 0.2) is 0 Å². The van der Waals surface area contributed by atoms with Crippen molar-refractivity contribution in [3.05, 3.63) is 30.1 Å². The lowest BCUT2D eigenvalue weighted by Gasteiger charge is -2.26. The number of alkyl halides is 1. The first-order chi connectivity index (χ1) is 7.20. The third-order valence-corrected chi connectivity index (χ3v) is 2.68. The summed E-state index contributed by atoms with van der Waals surface area (Å²) < 4.78 is 0. The molecule has 0 N–H and O–H groups in total. The smallest absolute Gasteiger partial charge is 0.237 e. The largest absolute Gasteiger partial charge is 0.338 e. The van der Waals surface area contributed by atoms with Gasteiger partial charge in [0.25, 0.3) is 0 Å². The second-order valence-corrected chi connectivity index (χ2v) is 3.61. The van der Waals surface area contributed by atoms with E-state index >= 15 is 0 Å². The van der Waals surface area contributed by atoms with Crippen molar-refractivity contribution in [1.82, 2.24) is 9.88 Å². The van der Waals surface area contributed by atoms with Crippen molar-refractivity contribution >= 4 is 29.9 Å². The molecular formula is C11H16Cl2N2O. The Morgan fingerprint density at radius 2 is 2.06 bits per heavy atom. The number of halogens is 2. The number of carbonyl (C=O) groups excluding carboxylic acids is 1. The Morgan fingerprint density at radius 1 is 1.50 bits per heavy atom. The summed E-state index contributed by atoms with van der Waals surface area (Å²) in [5.41, 5.74) is 1.09. The van der Waals surface area contributed by atoms with Gasteiger partial charge in [-0.15, -0.1) is 24.0 Å². The molecular weight excluding hydrogens is 247 g/mol. The molecule has 1 aromatic rings. The van der Waals surface area contributed by atoms with Crippen LogP contribution in [0.3, 0.4) is 0 Å². The van der Waals surface area contributed by atoms with Gasteiger partial charge >= 0.3 is 0 Å². The van der Waals surface area contributed by atoms with E-state index in [0.29, 0.717) is 0 Å². The summed E-state index contributed by atoms with van der Waals surface area (Å²) in [5.74, 6) is -0.0294. The van der Waals surface area contributed by atoms with Crippen LogP contribution >= 0.6 is 24.0 Å². The first-order valence-electron chi connectivity index (χ1n) is 4.92. The molecule has 0 spiro atoms. The van der Waals surface area contributed by atoms with E-state index < -0.39 is 0 Å². The maximum Gasteiger partial charge on any atom is 0.237 e. The predicted molar refractivity (Wildman–Crippen MR) is 68.0 cm³/mol. The summed E-state index contributed by atoms with van der Waals surface area (Å²) in [7, 11) is 1.78. The number of nitrogens with zero attached hydrogens (tertiary/aromatic N) is 2. The Balaban J connectivity index is 0.00000225. The number of pyridine rings is 1. The number of rotatable bonds is 4. The Kier molecular flexibility index (Phi) is 7.10. The Bertz CT molecular complexity index is 319. The normalized spacial score (nSPS) is 11.4. The number of carbonyl (C=O) groups is 1. The van der Waals surface area contributed by atoms with Gasteiger partial charge in [-0.3, -0.25) is 9.78 Å². The maximum atomic E-state index is 11.5. The van der Waals surface area contributed by atoms with E-state index in [1.807, 2.05) is 19.1 Å². The van der Waals surface area contributed by atoms with Crippen LogP contribution in [0.4, 0.5) is 0 Å². The van der Waals surface area contributed by atoms with Gasteiger partial charge in [0.05, 0.1) is 6.04 Å². The highest BCUT2D eigenvalue weighted by Crippen LogP contribution is 2.22. The Labute approximate surface area is 107 Å². The maximum absolute atomic E-state index is 11.5. The summed E-state index contributed by atoms with van der Waals surface area (Å²) >= 11 is 5.53. The molecule has 1 atom stereocenters. The SMILES string of the molecule is CCC(c1ccncc1)N(C)C(=O)CCl.Cl. The summed E-state index contributed by atoms with van der Waals surface area (Å²) in [6.45, 7) is 2.04. The van der Waals surface area contributed by atoms with Gasteiger partial charge < -0.3 is 4.90 Å². The van der Waals surface area contributed by atoms with E-state index in [4.69, 9.17) is 11.6 Å². The van der Waals surface area contributed by atoms with Crippen LogP contribution in [0, 0.1) is 0 Å². The van der Waals surface area contributed by atoms with Crippen LogP contribution < -0.4 is 0 Å². The summed E-state index contributed by atoms with van der Waals surface area (Å²) in [6, 6.07) is 3.93. The molecule has 0 saturated carbocycles. The molecule has 0 aliphatic heterocycles. The van der Waals surface area contributed by atoms with Gasteiger partial charge in [-0.2, -0.15) is 0 Å². The van der Waals surface area contributed by atoms with Crippen molar-refractivity contribution in [2.75, 3.05) is 12.9 Å². The molecule has 0 aromatic carbocycles. The first kappa shape index (κ1) is 15.2. The van der Waals surface area contributed by atoms with Crippen molar-refractivity contribution in [2.45, 2.75) is 19.4 Å². The van der Waals surface area contributed by atoms with E-state index in [0.717, 1.165) is 12.0 Å². The molecule has 5 heteroatoms. The second-order valence-electron chi connectivity index (χ2n) is 3.34. The standard InChI is InChI=1S/C11H15ClN2O.ClH/c1-3-10(14(2)11(15)8-12)9-4-6-13-7-5-9;/h4-7,10H,3,8H2,1-2H3;1H. The number of hydrogen-bond acceptors (Lipinski definition) is 2. The second kappa shape index (κ2) is 7.47. The van der Waals surface area contributed by atoms with Crippen molar-refractivity contribution in [3.63, 3.8) is 0 Å². The minimum Gasteiger partial charge on any atom is -0.338 e. The lowest BCUT2D eigenvalue weighted by molar-refractivity contribution is -0.129. The lowest BCUT2D eigenvalue weighted by Crippen LogP contribution is -2.31. The Hall–Kier alpha value is -0.800.